The van der Waals surface area contributed by atoms with Gasteiger partial charge in [0.15, 0.2) is 5.65 Å². The molecule has 8 heteroatoms. The van der Waals surface area contributed by atoms with Crippen LogP contribution in [0.2, 0.25) is 10.3 Å². The van der Waals surface area contributed by atoms with E-state index in [1.165, 1.54) is 16.8 Å². The van der Waals surface area contributed by atoms with Crippen molar-refractivity contribution >= 4 is 45.1 Å². The van der Waals surface area contributed by atoms with E-state index in [0.717, 1.165) is 5.39 Å². The zero-order chi connectivity index (χ0) is 15.4. The molecule has 0 aliphatic rings. The monoisotopic (exact) mass is 335 g/mol. The van der Waals surface area contributed by atoms with E-state index in [0.29, 0.717) is 22.2 Å². The normalized spacial score (nSPS) is 11.6. The van der Waals surface area contributed by atoms with Crippen LogP contribution in [0.1, 0.15) is 0 Å². The highest BCUT2D eigenvalue weighted by Gasteiger charge is 2.19. The minimum atomic E-state index is -0.371. The summed E-state index contributed by atoms with van der Waals surface area (Å²) in [7, 11) is 1.77. The smallest absolute Gasteiger partial charge is 0.161 e. The van der Waals surface area contributed by atoms with Gasteiger partial charge in [-0.3, -0.25) is 4.68 Å². The maximum absolute atomic E-state index is 13.4. The van der Waals surface area contributed by atoms with E-state index < -0.39 is 0 Å². The SMILES string of the molecule is Cn1ncc2c3nn(-c4cccc(F)c4)c(Cl)c3c(Cl)nc21. The van der Waals surface area contributed by atoms with Crippen molar-refractivity contribution in [2.45, 2.75) is 0 Å². The van der Waals surface area contributed by atoms with Gasteiger partial charge in [0.25, 0.3) is 0 Å². The Morgan fingerprint density at radius 2 is 2.05 bits per heavy atom. The quantitative estimate of drug-likeness (QED) is 0.498. The van der Waals surface area contributed by atoms with Crippen molar-refractivity contribution in [2.75, 3.05) is 0 Å². The molecule has 5 nitrogen and oxygen atoms in total. The Morgan fingerprint density at radius 1 is 1.23 bits per heavy atom. The van der Waals surface area contributed by atoms with Crippen molar-refractivity contribution in [1.82, 2.24) is 24.5 Å². The average Bonchev–Trinajstić information content (AvgIpc) is 3.01. The topological polar surface area (TPSA) is 48.5 Å². The molecule has 0 saturated carbocycles. The summed E-state index contributed by atoms with van der Waals surface area (Å²) >= 11 is 12.6. The lowest BCUT2D eigenvalue weighted by Gasteiger charge is -2.02. The number of rotatable bonds is 1. The van der Waals surface area contributed by atoms with Gasteiger partial charge in [0.05, 0.1) is 22.7 Å². The summed E-state index contributed by atoms with van der Waals surface area (Å²) in [6.07, 6.45) is 1.65. The summed E-state index contributed by atoms with van der Waals surface area (Å²) < 4.78 is 16.5. The van der Waals surface area contributed by atoms with Crippen molar-refractivity contribution in [3.8, 4) is 5.69 Å². The van der Waals surface area contributed by atoms with E-state index in [1.54, 1.807) is 30.1 Å². The van der Waals surface area contributed by atoms with Crippen LogP contribution in [0, 0.1) is 5.82 Å². The summed E-state index contributed by atoms with van der Waals surface area (Å²) in [5.74, 6) is -0.371. The number of fused-ring (bicyclic) bond motifs is 3. The molecule has 4 rings (SSSR count). The fraction of sp³-hybridized carbons (Fsp3) is 0.0714. The Kier molecular flexibility index (Phi) is 2.85. The molecule has 0 fully saturated rings. The summed E-state index contributed by atoms with van der Waals surface area (Å²) in [5, 5.41) is 10.4. The third-order valence-corrected chi connectivity index (χ3v) is 4.08. The molecule has 0 radical (unpaired) electrons. The number of aryl methyl sites for hydroxylation is 1. The van der Waals surface area contributed by atoms with Crippen LogP contribution in [0.15, 0.2) is 30.5 Å². The van der Waals surface area contributed by atoms with Gasteiger partial charge >= 0.3 is 0 Å². The van der Waals surface area contributed by atoms with Gasteiger partial charge in [-0.05, 0) is 18.2 Å². The van der Waals surface area contributed by atoms with E-state index >= 15 is 0 Å². The second kappa shape index (κ2) is 4.66. The molecule has 0 spiro atoms. The number of halogens is 3. The van der Waals surface area contributed by atoms with Crippen LogP contribution in [-0.2, 0) is 7.05 Å². The second-order valence-corrected chi connectivity index (χ2v) is 5.53. The van der Waals surface area contributed by atoms with Crippen molar-refractivity contribution < 1.29 is 4.39 Å². The lowest BCUT2D eigenvalue weighted by atomic mass is 10.2. The van der Waals surface area contributed by atoms with E-state index in [2.05, 4.69) is 15.2 Å². The highest BCUT2D eigenvalue weighted by Crippen LogP contribution is 2.35. The van der Waals surface area contributed by atoms with Gasteiger partial charge in [0.1, 0.15) is 21.6 Å². The molecule has 0 unspecified atom stereocenters. The van der Waals surface area contributed by atoms with E-state index in [4.69, 9.17) is 23.2 Å². The summed E-state index contributed by atoms with van der Waals surface area (Å²) in [5.41, 5.74) is 1.70. The molecule has 0 saturated heterocycles. The lowest BCUT2D eigenvalue weighted by Crippen LogP contribution is -1.96. The summed E-state index contributed by atoms with van der Waals surface area (Å²) in [6.45, 7) is 0. The van der Waals surface area contributed by atoms with Crippen LogP contribution in [0.3, 0.4) is 0 Å². The predicted molar refractivity (Wildman–Crippen MR) is 83.1 cm³/mol. The van der Waals surface area contributed by atoms with Gasteiger partial charge in [-0.25, -0.2) is 14.1 Å². The molecule has 0 N–H and O–H groups in total. The van der Waals surface area contributed by atoms with Gasteiger partial charge in [-0.15, -0.1) is 0 Å². The van der Waals surface area contributed by atoms with Crippen LogP contribution in [0.4, 0.5) is 4.39 Å². The Hall–Kier alpha value is -2.18. The molecule has 0 amide bonds. The lowest BCUT2D eigenvalue weighted by molar-refractivity contribution is 0.625. The Labute approximate surface area is 133 Å². The van der Waals surface area contributed by atoms with Crippen LogP contribution in [-0.4, -0.2) is 24.5 Å². The number of aromatic nitrogens is 5. The number of pyridine rings is 1. The molecule has 22 heavy (non-hydrogen) atoms. The van der Waals surface area contributed by atoms with E-state index in [-0.39, 0.29) is 16.1 Å². The molecule has 0 atom stereocenters. The highest BCUT2D eigenvalue weighted by molar-refractivity contribution is 6.42. The first kappa shape index (κ1) is 13.5. The van der Waals surface area contributed by atoms with Gasteiger partial charge in [-0.1, -0.05) is 29.3 Å². The minimum absolute atomic E-state index is 0.235. The fourth-order valence-corrected chi connectivity index (χ4v) is 3.05. The third-order valence-electron chi connectivity index (χ3n) is 3.45. The molecule has 110 valence electrons. The van der Waals surface area contributed by atoms with Crippen molar-refractivity contribution in [3.63, 3.8) is 0 Å². The fourth-order valence-electron chi connectivity index (χ4n) is 2.43. The molecule has 3 aromatic heterocycles. The molecule has 4 aromatic rings. The zero-order valence-corrected chi connectivity index (χ0v) is 12.8. The van der Waals surface area contributed by atoms with E-state index in [1.807, 2.05) is 0 Å². The van der Waals surface area contributed by atoms with Crippen LogP contribution in [0.5, 0.6) is 0 Å². The maximum atomic E-state index is 13.4. The highest BCUT2D eigenvalue weighted by atomic mass is 35.5. The first-order valence-electron chi connectivity index (χ1n) is 6.37. The standard InChI is InChI=1S/C14H8Cl2FN5/c1-21-14-9(6-18-21)11-10(12(15)19-14)13(16)22(20-11)8-4-2-3-7(17)5-8/h2-6H,1H3. The number of hydrogen-bond donors (Lipinski definition) is 0. The van der Waals surface area contributed by atoms with Gasteiger partial charge in [0, 0.05) is 7.05 Å². The van der Waals surface area contributed by atoms with Crippen LogP contribution < -0.4 is 0 Å². The Balaban J connectivity index is 2.12. The largest absolute Gasteiger partial charge is 0.250 e. The maximum Gasteiger partial charge on any atom is 0.161 e. The average molecular weight is 336 g/mol. The Bertz CT molecular complexity index is 1040. The first-order chi connectivity index (χ1) is 10.6. The summed E-state index contributed by atoms with van der Waals surface area (Å²) in [4.78, 5) is 4.30. The molecule has 1 aromatic carbocycles. The second-order valence-electron chi connectivity index (χ2n) is 4.81. The van der Waals surface area contributed by atoms with Crippen LogP contribution in [0.25, 0.3) is 27.6 Å². The number of benzene rings is 1. The Morgan fingerprint density at radius 3 is 2.82 bits per heavy atom. The predicted octanol–water partition coefficient (Wildman–Crippen LogP) is 3.75. The third kappa shape index (κ3) is 1.81. The van der Waals surface area contributed by atoms with Crippen molar-refractivity contribution in [2.24, 2.45) is 7.05 Å². The molecule has 0 aliphatic heterocycles. The molecular formula is C14H8Cl2FN5. The van der Waals surface area contributed by atoms with Gasteiger partial charge < -0.3 is 0 Å². The number of hydrogen-bond acceptors (Lipinski definition) is 3. The van der Waals surface area contributed by atoms with Crippen LogP contribution >= 0.6 is 23.2 Å². The zero-order valence-electron chi connectivity index (χ0n) is 11.3. The molecular weight excluding hydrogens is 328 g/mol. The van der Waals surface area contributed by atoms with Gasteiger partial charge in [-0.2, -0.15) is 10.2 Å². The first-order valence-corrected chi connectivity index (χ1v) is 7.13. The molecule has 0 bridgehead atoms. The van der Waals surface area contributed by atoms with Crippen molar-refractivity contribution in [1.29, 1.82) is 0 Å². The molecule has 3 heterocycles. The van der Waals surface area contributed by atoms with E-state index in [9.17, 15) is 4.39 Å². The van der Waals surface area contributed by atoms with Gasteiger partial charge in [0.2, 0.25) is 0 Å². The minimum Gasteiger partial charge on any atom is -0.250 e. The molecule has 0 aliphatic carbocycles. The van der Waals surface area contributed by atoms with Crippen molar-refractivity contribution in [3.05, 3.63) is 46.6 Å². The summed E-state index contributed by atoms with van der Waals surface area (Å²) in [6, 6.07) is 6.00. The number of nitrogens with zero attached hydrogens (tertiary/aromatic N) is 5.